The van der Waals surface area contributed by atoms with Crippen molar-refractivity contribution < 1.29 is 27.9 Å². The Morgan fingerprint density at radius 3 is 2.56 bits per heavy atom. The predicted octanol–water partition coefficient (Wildman–Crippen LogP) is 2.42. The number of aryl methyl sites for hydroxylation is 1. The van der Waals surface area contributed by atoms with Crippen LogP contribution >= 0.6 is 0 Å². The molecule has 4 rings (SSSR count). The number of halogens is 2. The predicted molar refractivity (Wildman–Crippen MR) is 129 cm³/mol. The van der Waals surface area contributed by atoms with E-state index in [0.717, 1.165) is 24.8 Å². The maximum atomic E-state index is 13.7. The molecule has 3 aliphatic rings. The molecule has 10 heteroatoms. The van der Waals surface area contributed by atoms with Gasteiger partial charge < -0.3 is 25.6 Å². The van der Waals surface area contributed by atoms with Gasteiger partial charge in [0.1, 0.15) is 12.1 Å². The number of carbonyl (C=O) groups is 3. The first-order valence-corrected chi connectivity index (χ1v) is 12.9. The van der Waals surface area contributed by atoms with Crippen LogP contribution in [0.3, 0.4) is 0 Å². The average Bonchev–Trinajstić information content (AvgIpc) is 3.28. The Hall–Kier alpha value is -2.59. The smallest absolute Gasteiger partial charge is 0.345 e. The van der Waals surface area contributed by atoms with Gasteiger partial charge in [-0.05, 0) is 70.0 Å². The van der Waals surface area contributed by atoms with Crippen molar-refractivity contribution in [1.82, 2.24) is 20.9 Å². The summed E-state index contributed by atoms with van der Waals surface area (Å²) in [6.45, 7) is -1.32. The number of rotatable bonds is 7. The molecule has 3 amide bonds. The largest absolute Gasteiger partial charge is 0.347 e. The number of hydrogen-bond acceptors (Lipinski definition) is 5. The van der Waals surface area contributed by atoms with Crippen LogP contribution in [0.15, 0.2) is 24.3 Å². The molecule has 0 bridgehead atoms. The van der Waals surface area contributed by atoms with Crippen molar-refractivity contribution in [3.05, 3.63) is 35.4 Å². The SMILES string of the molecule is CN[C@@H](C)C(=O)N[C@H]1C[C@H](OC(F)F)CC[C@H]2CC[C@@H](C(=O)N[C@@H]3CCCc4ccccc43)N2C1=O. The first kappa shape index (κ1) is 26.5. The number of benzene rings is 1. The fraction of sp³-hybridized carbons (Fsp3) is 0.654. The number of ether oxygens (including phenoxy) is 1. The number of amides is 3. The first-order valence-electron chi connectivity index (χ1n) is 12.9. The van der Waals surface area contributed by atoms with Gasteiger partial charge in [-0.3, -0.25) is 14.4 Å². The number of nitrogens with one attached hydrogen (secondary N) is 3. The van der Waals surface area contributed by atoms with Crippen LogP contribution in [0.4, 0.5) is 8.78 Å². The van der Waals surface area contributed by atoms with Crippen molar-refractivity contribution in [3.63, 3.8) is 0 Å². The number of hydrogen-bond donors (Lipinski definition) is 3. The lowest BCUT2D eigenvalue weighted by Gasteiger charge is -2.38. The van der Waals surface area contributed by atoms with Crippen LogP contribution in [0.25, 0.3) is 0 Å². The lowest BCUT2D eigenvalue weighted by atomic mass is 9.87. The summed E-state index contributed by atoms with van der Waals surface area (Å²) in [5.74, 6) is -1.04. The molecule has 0 radical (unpaired) electrons. The number of likely N-dealkylation sites (N-methyl/N-ethyl adjacent to an activating group) is 1. The molecule has 36 heavy (non-hydrogen) atoms. The highest BCUT2D eigenvalue weighted by molar-refractivity contribution is 5.94. The summed E-state index contributed by atoms with van der Waals surface area (Å²) in [6, 6.07) is 5.42. The van der Waals surface area contributed by atoms with Gasteiger partial charge in [-0.1, -0.05) is 24.3 Å². The van der Waals surface area contributed by atoms with E-state index in [1.165, 1.54) is 5.56 Å². The van der Waals surface area contributed by atoms with Gasteiger partial charge >= 0.3 is 6.61 Å². The van der Waals surface area contributed by atoms with Crippen molar-refractivity contribution in [2.24, 2.45) is 0 Å². The molecule has 3 N–H and O–H groups in total. The zero-order chi connectivity index (χ0) is 25.8. The maximum Gasteiger partial charge on any atom is 0.345 e. The Kier molecular flexibility index (Phi) is 8.56. The second-order valence-electron chi connectivity index (χ2n) is 10.0. The van der Waals surface area contributed by atoms with Gasteiger partial charge in [-0.2, -0.15) is 8.78 Å². The average molecular weight is 507 g/mol. The molecular formula is C26H36F2N4O4. The monoisotopic (exact) mass is 506 g/mol. The maximum absolute atomic E-state index is 13.7. The second kappa shape index (κ2) is 11.6. The molecule has 1 aliphatic carbocycles. The molecule has 2 aliphatic heterocycles. The molecule has 2 heterocycles. The lowest BCUT2D eigenvalue weighted by Crippen LogP contribution is -2.59. The van der Waals surface area contributed by atoms with Crippen LogP contribution in [-0.4, -0.2) is 66.6 Å². The first-order chi connectivity index (χ1) is 17.3. The molecule has 8 nitrogen and oxygen atoms in total. The molecule has 2 fully saturated rings. The third kappa shape index (κ3) is 5.86. The summed E-state index contributed by atoms with van der Waals surface area (Å²) in [7, 11) is 1.62. The molecule has 0 unspecified atom stereocenters. The Bertz CT molecular complexity index is 962. The van der Waals surface area contributed by atoms with Crippen molar-refractivity contribution in [2.45, 2.75) is 101 Å². The van der Waals surface area contributed by atoms with E-state index >= 15 is 0 Å². The normalized spacial score (nSPS) is 29.1. The highest BCUT2D eigenvalue weighted by Crippen LogP contribution is 2.34. The van der Waals surface area contributed by atoms with Crippen LogP contribution in [-0.2, 0) is 25.5 Å². The van der Waals surface area contributed by atoms with Gasteiger partial charge in [0, 0.05) is 12.5 Å². The summed E-state index contributed by atoms with van der Waals surface area (Å²) in [6.07, 6.45) is 3.72. The Morgan fingerprint density at radius 2 is 1.81 bits per heavy atom. The quantitative estimate of drug-likeness (QED) is 0.528. The van der Waals surface area contributed by atoms with Crippen molar-refractivity contribution in [1.29, 1.82) is 0 Å². The van der Waals surface area contributed by atoms with Gasteiger partial charge in [0.2, 0.25) is 17.7 Å². The summed E-state index contributed by atoms with van der Waals surface area (Å²) in [5, 5.41) is 8.69. The summed E-state index contributed by atoms with van der Waals surface area (Å²) in [5.41, 5.74) is 2.34. The number of fused-ring (bicyclic) bond motifs is 2. The molecule has 2 saturated heterocycles. The minimum atomic E-state index is -2.96. The Labute approximate surface area is 210 Å². The van der Waals surface area contributed by atoms with Gasteiger partial charge in [0.25, 0.3) is 0 Å². The summed E-state index contributed by atoms with van der Waals surface area (Å²) < 4.78 is 30.8. The van der Waals surface area contributed by atoms with Crippen molar-refractivity contribution in [2.75, 3.05) is 7.05 Å². The standard InChI is InChI=1S/C26H36F2N4O4/c1-15(29-2)23(33)31-21-14-18(36-26(27)28)12-10-17-11-13-22(32(17)25(21)35)24(34)30-20-9-5-7-16-6-3-4-8-19(16)20/h3-4,6,8,15,17-18,20-22,26,29H,5,7,9-14H2,1-2H3,(H,30,34)(H,31,33)/t15-,17-,18+,20+,21-,22-/m0/s1. The zero-order valence-corrected chi connectivity index (χ0v) is 20.8. The molecule has 6 atom stereocenters. The second-order valence-corrected chi connectivity index (χ2v) is 10.0. The highest BCUT2D eigenvalue weighted by Gasteiger charge is 2.46. The van der Waals surface area contributed by atoms with E-state index in [4.69, 9.17) is 4.74 Å². The topological polar surface area (TPSA) is 99.8 Å². The van der Waals surface area contributed by atoms with Gasteiger partial charge in [0.05, 0.1) is 18.2 Å². The summed E-state index contributed by atoms with van der Waals surface area (Å²) >= 11 is 0. The van der Waals surface area contributed by atoms with E-state index in [1.54, 1.807) is 18.9 Å². The Morgan fingerprint density at radius 1 is 1.06 bits per heavy atom. The van der Waals surface area contributed by atoms with Gasteiger partial charge in [-0.25, -0.2) is 0 Å². The molecule has 1 aromatic rings. The van der Waals surface area contributed by atoms with E-state index in [1.807, 2.05) is 18.2 Å². The zero-order valence-electron chi connectivity index (χ0n) is 20.8. The highest BCUT2D eigenvalue weighted by atomic mass is 19.3. The van der Waals surface area contributed by atoms with Gasteiger partial charge in [0.15, 0.2) is 0 Å². The molecule has 198 valence electrons. The molecular weight excluding hydrogens is 470 g/mol. The van der Waals surface area contributed by atoms with Crippen LogP contribution in [0.2, 0.25) is 0 Å². The number of alkyl halides is 2. The lowest BCUT2D eigenvalue weighted by molar-refractivity contribution is -0.174. The van der Waals surface area contributed by atoms with Crippen LogP contribution in [0.1, 0.15) is 69.0 Å². The van der Waals surface area contributed by atoms with E-state index in [-0.39, 0.29) is 24.4 Å². The number of nitrogens with zero attached hydrogens (tertiary/aromatic N) is 1. The molecule has 0 saturated carbocycles. The third-order valence-electron chi connectivity index (χ3n) is 7.80. The number of carbonyl (C=O) groups excluding carboxylic acids is 3. The van der Waals surface area contributed by atoms with E-state index < -0.39 is 42.7 Å². The van der Waals surface area contributed by atoms with Crippen LogP contribution in [0.5, 0.6) is 0 Å². The molecule has 0 spiro atoms. The van der Waals surface area contributed by atoms with Crippen LogP contribution < -0.4 is 16.0 Å². The summed E-state index contributed by atoms with van der Waals surface area (Å²) in [4.78, 5) is 41.4. The van der Waals surface area contributed by atoms with Gasteiger partial charge in [-0.15, -0.1) is 0 Å². The third-order valence-corrected chi connectivity index (χ3v) is 7.80. The molecule has 0 aromatic heterocycles. The van der Waals surface area contributed by atoms with Crippen LogP contribution in [0, 0.1) is 0 Å². The molecule has 1 aromatic carbocycles. The van der Waals surface area contributed by atoms with Crippen molar-refractivity contribution in [3.8, 4) is 0 Å². The van der Waals surface area contributed by atoms with E-state index in [0.29, 0.717) is 25.7 Å². The fourth-order valence-corrected chi connectivity index (χ4v) is 5.79. The van der Waals surface area contributed by atoms with E-state index in [9.17, 15) is 23.2 Å². The van der Waals surface area contributed by atoms with E-state index in [2.05, 4.69) is 22.0 Å². The van der Waals surface area contributed by atoms with Crippen molar-refractivity contribution >= 4 is 17.7 Å². The Balaban J connectivity index is 1.53. The fourth-order valence-electron chi connectivity index (χ4n) is 5.79. The minimum Gasteiger partial charge on any atom is -0.347 e. The minimum absolute atomic E-state index is 0.0705.